The molecule has 0 fully saturated rings. The maximum Gasteiger partial charge on any atom is 0.303 e. The Kier molecular flexibility index (Phi) is 6.86. The highest BCUT2D eigenvalue weighted by molar-refractivity contribution is 5.67. The number of anilines is 1. The summed E-state index contributed by atoms with van der Waals surface area (Å²) in [7, 11) is 0. The average molecular weight is 325 g/mol. The van der Waals surface area contributed by atoms with Crippen molar-refractivity contribution >= 4 is 11.7 Å². The van der Waals surface area contributed by atoms with Crippen molar-refractivity contribution in [3.8, 4) is 0 Å². The van der Waals surface area contributed by atoms with Gasteiger partial charge in [-0.25, -0.2) is 0 Å². The van der Waals surface area contributed by atoms with Gasteiger partial charge in [-0.3, -0.25) is 4.79 Å². The topological polar surface area (TPSA) is 49.3 Å². The molecule has 2 N–H and O–H groups in total. The molecule has 0 atom stereocenters. The summed E-state index contributed by atoms with van der Waals surface area (Å²) in [6, 6.07) is 14.9. The Morgan fingerprint density at radius 3 is 2.38 bits per heavy atom. The largest absolute Gasteiger partial charge is 0.481 e. The molecule has 0 radical (unpaired) electrons. The molecule has 3 nitrogen and oxygen atoms in total. The molecule has 0 aliphatic heterocycles. The number of aryl methyl sites for hydroxylation is 3. The zero-order chi connectivity index (χ0) is 17.4. The molecule has 0 saturated heterocycles. The van der Waals surface area contributed by atoms with E-state index >= 15 is 0 Å². The molecular weight excluding hydrogens is 298 g/mol. The molecule has 2 aromatic carbocycles. The Labute approximate surface area is 144 Å². The second-order valence-corrected chi connectivity index (χ2v) is 6.31. The quantitative estimate of drug-likeness (QED) is 0.684. The second kappa shape index (κ2) is 9.11. The minimum atomic E-state index is -0.751. The lowest BCUT2D eigenvalue weighted by Gasteiger charge is -2.11. The first kappa shape index (κ1) is 18.1. The van der Waals surface area contributed by atoms with E-state index in [1.165, 1.54) is 24.0 Å². The molecule has 0 heterocycles. The fourth-order valence-electron chi connectivity index (χ4n) is 2.74. The van der Waals surface area contributed by atoms with Crippen molar-refractivity contribution in [1.82, 2.24) is 0 Å². The van der Waals surface area contributed by atoms with Crippen LogP contribution in [0, 0.1) is 6.92 Å². The number of unbranched alkanes of at least 4 members (excludes halogenated alkanes) is 1. The van der Waals surface area contributed by atoms with Crippen LogP contribution in [0.5, 0.6) is 0 Å². The van der Waals surface area contributed by atoms with Crippen LogP contribution >= 0.6 is 0 Å². The first-order valence-corrected chi connectivity index (χ1v) is 8.71. The average Bonchev–Trinajstić information content (AvgIpc) is 2.58. The van der Waals surface area contributed by atoms with E-state index in [1.807, 2.05) is 19.1 Å². The monoisotopic (exact) mass is 325 g/mol. The van der Waals surface area contributed by atoms with Gasteiger partial charge in [-0.15, -0.1) is 0 Å². The van der Waals surface area contributed by atoms with E-state index in [9.17, 15) is 4.79 Å². The van der Waals surface area contributed by atoms with Crippen LogP contribution in [0.2, 0.25) is 0 Å². The Morgan fingerprint density at radius 1 is 1.04 bits per heavy atom. The number of rotatable bonds is 9. The predicted octanol–water partition coefficient (Wildman–Crippen LogP) is 4.97. The summed E-state index contributed by atoms with van der Waals surface area (Å²) in [6.07, 6.45) is 4.39. The van der Waals surface area contributed by atoms with Crippen molar-refractivity contribution in [2.24, 2.45) is 0 Å². The number of nitrogens with one attached hydrogen (secondary N) is 1. The van der Waals surface area contributed by atoms with Gasteiger partial charge in [0.2, 0.25) is 0 Å². The molecule has 2 rings (SSSR count). The summed E-state index contributed by atoms with van der Waals surface area (Å²) in [6.45, 7) is 5.04. The zero-order valence-corrected chi connectivity index (χ0v) is 14.6. The Bertz CT molecular complexity index is 662. The zero-order valence-electron chi connectivity index (χ0n) is 14.6. The van der Waals surface area contributed by atoms with Crippen molar-refractivity contribution in [1.29, 1.82) is 0 Å². The molecule has 0 aromatic heterocycles. The first-order chi connectivity index (χ1) is 11.6. The number of hydrogen-bond acceptors (Lipinski definition) is 2. The molecular formula is C21H27NO2. The standard InChI is InChI=1S/C21H27NO2/c1-3-4-5-17-6-8-18(9-7-17)15-22-20-12-10-19(16(2)14-20)11-13-21(23)24/h6-10,12,14,22H,3-5,11,13,15H2,1-2H3,(H,23,24). The second-order valence-electron chi connectivity index (χ2n) is 6.31. The van der Waals surface area contributed by atoms with Gasteiger partial charge in [-0.1, -0.05) is 43.7 Å². The lowest BCUT2D eigenvalue weighted by atomic mass is 10.0. The summed E-state index contributed by atoms with van der Waals surface area (Å²) in [5.74, 6) is -0.751. The maximum atomic E-state index is 10.7. The van der Waals surface area contributed by atoms with E-state index in [-0.39, 0.29) is 6.42 Å². The number of carboxylic acid groups (broad SMARTS) is 1. The van der Waals surface area contributed by atoms with Crippen LogP contribution in [-0.2, 0) is 24.2 Å². The predicted molar refractivity (Wildman–Crippen MR) is 99.5 cm³/mol. The van der Waals surface area contributed by atoms with E-state index in [1.54, 1.807) is 0 Å². The van der Waals surface area contributed by atoms with E-state index in [4.69, 9.17) is 5.11 Å². The van der Waals surface area contributed by atoms with Crippen molar-refractivity contribution in [2.45, 2.75) is 52.5 Å². The van der Waals surface area contributed by atoms with Crippen LogP contribution in [0.25, 0.3) is 0 Å². The highest BCUT2D eigenvalue weighted by atomic mass is 16.4. The smallest absolute Gasteiger partial charge is 0.303 e. The highest BCUT2D eigenvalue weighted by Crippen LogP contribution is 2.18. The third-order valence-corrected chi connectivity index (χ3v) is 4.29. The van der Waals surface area contributed by atoms with Crippen molar-refractivity contribution in [3.05, 3.63) is 64.7 Å². The molecule has 2 aromatic rings. The summed E-state index contributed by atoms with van der Waals surface area (Å²) < 4.78 is 0. The van der Waals surface area contributed by atoms with Gasteiger partial charge in [0.1, 0.15) is 0 Å². The molecule has 0 amide bonds. The first-order valence-electron chi connectivity index (χ1n) is 8.71. The van der Waals surface area contributed by atoms with Crippen molar-refractivity contribution < 1.29 is 9.90 Å². The number of carboxylic acids is 1. The van der Waals surface area contributed by atoms with Crippen LogP contribution in [0.4, 0.5) is 5.69 Å². The van der Waals surface area contributed by atoms with Crippen LogP contribution < -0.4 is 5.32 Å². The van der Waals surface area contributed by atoms with Gasteiger partial charge < -0.3 is 10.4 Å². The molecule has 0 spiro atoms. The Morgan fingerprint density at radius 2 is 1.75 bits per heavy atom. The van der Waals surface area contributed by atoms with E-state index < -0.39 is 5.97 Å². The Balaban J connectivity index is 1.89. The van der Waals surface area contributed by atoms with Gasteiger partial charge in [0, 0.05) is 18.7 Å². The number of aliphatic carboxylic acids is 1. The van der Waals surface area contributed by atoms with Gasteiger partial charge in [0.15, 0.2) is 0 Å². The molecule has 0 bridgehead atoms. The molecule has 0 aliphatic rings. The van der Waals surface area contributed by atoms with Crippen molar-refractivity contribution in [3.63, 3.8) is 0 Å². The maximum absolute atomic E-state index is 10.7. The molecule has 24 heavy (non-hydrogen) atoms. The summed E-state index contributed by atoms with van der Waals surface area (Å²) >= 11 is 0. The summed E-state index contributed by atoms with van der Waals surface area (Å²) in [5, 5.41) is 12.2. The van der Waals surface area contributed by atoms with Gasteiger partial charge >= 0.3 is 5.97 Å². The third kappa shape index (κ3) is 5.73. The number of carbonyl (C=O) groups is 1. The number of hydrogen-bond donors (Lipinski definition) is 2. The van der Waals surface area contributed by atoms with Gasteiger partial charge in [-0.2, -0.15) is 0 Å². The molecule has 0 aliphatic carbocycles. The summed E-state index contributed by atoms with van der Waals surface area (Å²) in [5.41, 5.74) is 5.98. The molecule has 0 saturated carbocycles. The van der Waals surface area contributed by atoms with Crippen LogP contribution in [0.3, 0.4) is 0 Å². The Hall–Kier alpha value is -2.29. The van der Waals surface area contributed by atoms with Crippen LogP contribution in [-0.4, -0.2) is 11.1 Å². The SMILES string of the molecule is CCCCc1ccc(CNc2ccc(CCC(=O)O)c(C)c2)cc1. The lowest BCUT2D eigenvalue weighted by molar-refractivity contribution is -0.136. The number of benzene rings is 2. The van der Waals surface area contributed by atoms with E-state index in [0.29, 0.717) is 6.42 Å². The highest BCUT2D eigenvalue weighted by Gasteiger charge is 2.04. The fourth-order valence-corrected chi connectivity index (χ4v) is 2.74. The molecule has 3 heteroatoms. The minimum absolute atomic E-state index is 0.179. The summed E-state index contributed by atoms with van der Waals surface area (Å²) in [4.78, 5) is 10.7. The molecule has 0 unspecified atom stereocenters. The minimum Gasteiger partial charge on any atom is -0.481 e. The van der Waals surface area contributed by atoms with Crippen LogP contribution in [0.15, 0.2) is 42.5 Å². The normalized spacial score (nSPS) is 10.6. The van der Waals surface area contributed by atoms with E-state index in [2.05, 4.69) is 42.6 Å². The van der Waals surface area contributed by atoms with Gasteiger partial charge in [-0.05, 0) is 60.6 Å². The van der Waals surface area contributed by atoms with Gasteiger partial charge in [0.25, 0.3) is 0 Å². The van der Waals surface area contributed by atoms with Gasteiger partial charge in [0.05, 0.1) is 0 Å². The van der Waals surface area contributed by atoms with Crippen LogP contribution in [0.1, 0.15) is 48.4 Å². The van der Waals surface area contributed by atoms with Crippen molar-refractivity contribution in [2.75, 3.05) is 5.32 Å². The third-order valence-electron chi connectivity index (χ3n) is 4.29. The lowest BCUT2D eigenvalue weighted by Crippen LogP contribution is -2.02. The van der Waals surface area contributed by atoms with E-state index in [0.717, 1.165) is 29.8 Å². The fraction of sp³-hybridized carbons (Fsp3) is 0.381. The molecule has 128 valence electrons.